The molecule has 1 unspecified atom stereocenters. The summed E-state index contributed by atoms with van der Waals surface area (Å²) in [6.45, 7) is 11.0. The predicted octanol–water partition coefficient (Wildman–Crippen LogP) is 5.18. The van der Waals surface area contributed by atoms with Crippen LogP contribution in [0.4, 0.5) is 0 Å². The van der Waals surface area contributed by atoms with Crippen LogP contribution in [-0.4, -0.2) is 31.2 Å². The van der Waals surface area contributed by atoms with E-state index in [4.69, 9.17) is 16.3 Å². The van der Waals surface area contributed by atoms with Crippen molar-refractivity contribution >= 4 is 11.6 Å². The first-order chi connectivity index (χ1) is 10.6. The summed E-state index contributed by atoms with van der Waals surface area (Å²) in [7, 11) is 0. The Morgan fingerprint density at radius 1 is 1.14 bits per heavy atom. The molecule has 0 aliphatic carbocycles. The van der Waals surface area contributed by atoms with Crippen LogP contribution in [-0.2, 0) is 4.74 Å². The van der Waals surface area contributed by atoms with Gasteiger partial charge in [0, 0.05) is 37.4 Å². The molecule has 0 N–H and O–H groups in total. The molecule has 1 fully saturated rings. The summed E-state index contributed by atoms with van der Waals surface area (Å²) in [6, 6.07) is 8.81. The van der Waals surface area contributed by atoms with Crippen LogP contribution in [0.5, 0.6) is 0 Å². The Morgan fingerprint density at radius 2 is 1.77 bits per heavy atom. The summed E-state index contributed by atoms with van der Waals surface area (Å²) in [5.74, 6) is 1.55. The van der Waals surface area contributed by atoms with E-state index in [1.54, 1.807) is 0 Å². The molecule has 0 radical (unpaired) electrons. The van der Waals surface area contributed by atoms with Gasteiger partial charge in [-0.15, -0.1) is 0 Å². The summed E-state index contributed by atoms with van der Waals surface area (Å²) in [5.41, 5.74) is 1.37. The van der Waals surface area contributed by atoms with Crippen LogP contribution in [0, 0.1) is 11.8 Å². The number of likely N-dealkylation sites (tertiary alicyclic amines) is 1. The molecule has 1 aliphatic heterocycles. The number of ether oxygens (including phenoxy) is 1. The molecule has 0 bridgehead atoms. The molecule has 1 aliphatic rings. The van der Waals surface area contributed by atoms with Gasteiger partial charge in [-0.2, -0.15) is 0 Å². The fraction of sp³-hybridized carbons (Fsp3) is 0.684. The number of halogens is 1. The number of hydrogen-bond donors (Lipinski definition) is 0. The van der Waals surface area contributed by atoms with E-state index < -0.39 is 0 Å². The van der Waals surface area contributed by atoms with Crippen LogP contribution in [0.25, 0.3) is 0 Å². The van der Waals surface area contributed by atoms with E-state index >= 15 is 0 Å². The lowest BCUT2D eigenvalue weighted by Gasteiger charge is -2.40. The maximum absolute atomic E-state index is 6.06. The Morgan fingerprint density at radius 3 is 2.36 bits per heavy atom. The first-order valence-corrected chi connectivity index (χ1v) is 9.05. The van der Waals surface area contributed by atoms with E-state index in [9.17, 15) is 0 Å². The van der Waals surface area contributed by atoms with Crippen molar-refractivity contribution < 1.29 is 4.74 Å². The molecule has 0 spiro atoms. The molecule has 2 nitrogen and oxygen atoms in total. The molecule has 3 heteroatoms. The molecular formula is C19H30ClNO. The fourth-order valence-electron chi connectivity index (χ4n) is 3.65. The minimum Gasteiger partial charge on any atom is -0.381 e. The van der Waals surface area contributed by atoms with E-state index in [-0.39, 0.29) is 0 Å². The minimum absolute atomic E-state index is 0.444. The topological polar surface area (TPSA) is 12.5 Å². The molecule has 1 heterocycles. The molecular weight excluding hydrogens is 294 g/mol. The van der Waals surface area contributed by atoms with Gasteiger partial charge in [0.25, 0.3) is 0 Å². The first kappa shape index (κ1) is 17.8. The highest BCUT2D eigenvalue weighted by Gasteiger charge is 2.28. The Kier molecular flexibility index (Phi) is 7.20. The van der Waals surface area contributed by atoms with Crippen molar-refractivity contribution in [3.63, 3.8) is 0 Å². The smallest absolute Gasteiger partial charge is 0.0484 e. The minimum atomic E-state index is 0.444. The zero-order chi connectivity index (χ0) is 15.9. The zero-order valence-electron chi connectivity index (χ0n) is 14.2. The standard InChI is InChI=1S/C19H30ClNO/c1-4-10-22-11-9-19(17-5-7-18(20)8-6-17)21-13-15(2)12-16(3)14-21/h5-8,15-16,19H,4,9-14H2,1-3H3/t15-,16+,19?. The van der Waals surface area contributed by atoms with E-state index in [1.165, 1.54) is 25.1 Å². The van der Waals surface area contributed by atoms with Gasteiger partial charge >= 0.3 is 0 Å². The lowest BCUT2D eigenvalue weighted by atomic mass is 9.89. The Hall–Kier alpha value is -0.570. The first-order valence-electron chi connectivity index (χ1n) is 8.67. The van der Waals surface area contributed by atoms with Crippen LogP contribution in [0.2, 0.25) is 5.02 Å². The van der Waals surface area contributed by atoms with Crippen molar-refractivity contribution in [3.8, 4) is 0 Å². The number of piperidine rings is 1. The molecule has 1 saturated heterocycles. The Balaban J connectivity index is 2.08. The van der Waals surface area contributed by atoms with Gasteiger partial charge in [0.15, 0.2) is 0 Å². The van der Waals surface area contributed by atoms with Gasteiger partial charge in [-0.05, 0) is 48.8 Å². The van der Waals surface area contributed by atoms with Gasteiger partial charge in [-0.25, -0.2) is 0 Å². The normalized spacial score (nSPS) is 24.4. The third kappa shape index (κ3) is 5.26. The quantitative estimate of drug-likeness (QED) is 0.641. The number of nitrogens with zero attached hydrogens (tertiary/aromatic N) is 1. The van der Waals surface area contributed by atoms with Crippen molar-refractivity contribution in [2.75, 3.05) is 26.3 Å². The zero-order valence-corrected chi connectivity index (χ0v) is 15.0. The highest BCUT2D eigenvalue weighted by Crippen LogP contribution is 2.32. The summed E-state index contributed by atoms with van der Waals surface area (Å²) in [4.78, 5) is 2.65. The number of hydrogen-bond acceptors (Lipinski definition) is 2. The highest BCUT2D eigenvalue weighted by atomic mass is 35.5. The number of benzene rings is 1. The van der Waals surface area contributed by atoms with Gasteiger partial charge in [0.2, 0.25) is 0 Å². The van der Waals surface area contributed by atoms with Gasteiger partial charge in [-0.1, -0.05) is 44.5 Å². The summed E-state index contributed by atoms with van der Waals surface area (Å²) >= 11 is 6.06. The Labute approximate surface area is 140 Å². The maximum atomic E-state index is 6.06. The van der Waals surface area contributed by atoms with E-state index in [1.807, 2.05) is 12.1 Å². The van der Waals surface area contributed by atoms with Crippen molar-refractivity contribution in [2.24, 2.45) is 11.8 Å². The largest absolute Gasteiger partial charge is 0.381 e. The summed E-state index contributed by atoms with van der Waals surface area (Å²) in [6.07, 6.45) is 3.49. The molecule has 3 atom stereocenters. The molecule has 0 saturated carbocycles. The highest BCUT2D eigenvalue weighted by molar-refractivity contribution is 6.30. The predicted molar refractivity (Wildman–Crippen MR) is 94.4 cm³/mol. The number of rotatable bonds is 7. The van der Waals surface area contributed by atoms with Crippen LogP contribution in [0.1, 0.15) is 51.6 Å². The van der Waals surface area contributed by atoms with Crippen molar-refractivity contribution in [1.82, 2.24) is 4.90 Å². The van der Waals surface area contributed by atoms with Crippen molar-refractivity contribution in [3.05, 3.63) is 34.9 Å². The average Bonchev–Trinajstić information content (AvgIpc) is 2.47. The maximum Gasteiger partial charge on any atom is 0.0484 e. The van der Waals surface area contributed by atoms with Crippen LogP contribution in [0.15, 0.2) is 24.3 Å². The molecule has 0 aromatic heterocycles. The van der Waals surface area contributed by atoms with E-state index in [0.29, 0.717) is 6.04 Å². The van der Waals surface area contributed by atoms with Gasteiger partial charge in [-0.3, -0.25) is 4.90 Å². The van der Waals surface area contributed by atoms with E-state index in [2.05, 4.69) is 37.8 Å². The van der Waals surface area contributed by atoms with Crippen molar-refractivity contribution in [1.29, 1.82) is 0 Å². The van der Waals surface area contributed by atoms with E-state index in [0.717, 1.165) is 42.9 Å². The molecule has 2 rings (SSSR count). The molecule has 1 aromatic rings. The lowest BCUT2D eigenvalue weighted by Crippen LogP contribution is -2.41. The van der Waals surface area contributed by atoms with Crippen LogP contribution < -0.4 is 0 Å². The summed E-state index contributed by atoms with van der Waals surface area (Å²) < 4.78 is 5.75. The second-order valence-corrected chi connectivity index (χ2v) is 7.30. The van der Waals surface area contributed by atoms with Gasteiger partial charge in [0.05, 0.1) is 0 Å². The SMILES string of the molecule is CCCOCCC(c1ccc(Cl)cc1)N1C[C@H](C)C[C@H](C)C1. The summed E-state index contributed by atoms with van der Waals surface area (Å²) in [5, 5.41) is 0.810. The second-order valence-electron chi connectivity index (χ2n) is 6.87. The fourth-order valence-corrected chi connectivity index (χ4v) is 3.78. The lowest BCUT2D eigenvalue weighted by molar-refractivity contribution is 0.0605. The second kappa shape index (κ2) is 8.90. The van der Waals surface area contributed by atoms with Crippen molar-refractivity contribution in [2.45, 2.75) is 46.1 Å². The molecule has 1 aromatic carbocycles. The van der Waals surface area contributed by atoms with Crippen LogP contribution in [0.3, 0.4) is 0 Å². The molecule has 22 heavy (non-hydrogen) atoms. The van der Waals surface area contributed by atoms with Crippen LogP contribution >= 0.6 is 11.6 Å². The molecule has 124 valence electrons. The third-order valence-electron chi connectivity index (χ3n) is 4.48. The Bertz CT molecular complexity index is 424. The molecule has 0 amide bonds. The average molecular weight is 324 g/mol. The van der Waals surface area contributed by atoms with Gasteiger partial charge < -0.3 is 4.74 Å². The van der Waals surface area contributed by atoms with Gasteiger partial charge in [0.1, 0.15) is 0 Å². The third-order valence-corrected chi connectivity index (χ3v) is 4.73. The monoisotopic (exact) mass is 323 g/mol.